The third kappa shape index (κ3) is 3.72. The average molecular weight is 418 g/mol. The van der Waals surface area contributed by atoms with Crippen molar-refractivity contribution in [2.24, 2.45) is 5.73 Å². The van der Waals surface area contributed by atoms with Crippen LogP contribution in [0.15, 0.2) is 60.8 Å². The molecule has 0 radical (unpaired) electrons. The fourth-order valence-electron chi connectivity index (χ4n) is 3.51. The van der Waals surface area contributed by atoms with Crippen molar-refractivity contribution in [2.45, 2.75) is 13.8 Å². The van der Waals surface area contributed by atoms with Gasteiger partial charge in [-0.1, -0.05) is 29.8 Å². The monoisotopic (exact) mass is 417 g/mol. The number of primary amides is 1. The third-order valence-corrected chi connectivity index (χ3v) is 5.23. The van der Waals surface area contributed by atoms with Crippen molar-refractivity contribution in [3.63, 3.8) is 0 Å². The van der Waals surface area contributed by atoms with E-state index in [0.717, 1.165) is 38.7 Å². The highest BCUT2D eigenvalue weighted by atomic mass is 35.5. The molecule has 0 spiro atoms. The molecule has 0 unspecified atom stereocenters. The zero-order chi connectivity index (χ0) is 21.3. The van der Waals surface area contributed by atoms with Crippen LogP contribution in [0.3, 0.4) is 0 Å². The quantitative estimate of drug-likeness (QED) is 0.470. The van der Waals surface area contributed by atoms with Gasteiger partial charge in [0.15, 0.2) is 0 Å². The molecule has 0 atom stereocenters. The minimum absolute atomic E-state index is 0.448. The number of aromatic nitrogens is 2. The Morgan fingerprint density at radius 3 is 2.67 bits per heavy atom. The van der Waals surface area contributed by atoms with Crippen molar-refractivity contribution in [1.82, 2.24) is 10.2 Å². The minimum atomic E-state index is -0.448. The van der Waals surface area contributed by atoms with Gasteiger partial charge in [-0.3, -0.25) is 4.79 Å². The second-order valence-electron chi connectivity index (χ2n) is 6.96. The molecule has 6 heteroatoms. The van der Waals surface area contributed by atoms with Gasteiger partial charge in [-0.15, -0.1) is 5.10 Å². The van der Waals surface area contributed by atoms with E-state index in [2.05, 4.69) is 10.2 Å². The zero-order valence-corrected chi connectivity index (χ0v) is 17.4. The first-order valence-corrected chi connectivity index (χ1v) is 9.94. The van der Waals surface area contributed by atoms with Crippen LogP contribution in [0.25, 0.3) is 33.2 Å². The summed E-state index contributed by atoms with van der Waals surface area (Å²) in [5.41, 5.74) is 10.5. The summed E-state index contributed by atoms with van der Waals surface area (Å²) in [6, 6.07) is 17.0. The van der Waals surface area contributed by atoms with Crippen LogP contribution in [-0.4, -0.2) is 22.7 Å². The Hall–Kier alpha value is -3.44. The summed E-state index contributed by atoms with van der Waals surface area (Å²) in [6.45, 7) is 4.45. The van der Waals surface area contributed by atoms with Crippen molar-refractivity contribution in [2.75, 3.05) is 6.61 Å². The summed E-state index contributed by atoms with van der Waals surface area (Å²) in [4.78, 5) is 11.6. The molecule has 30 heavy (non-hydrogen) atoms. The molecule has 4 aromatic rings. The van der Waals surface area contributed by atoms with E-state index in [0.29, 0.717) is 22.9 Å². The number of fused-ring (bicyclic) bond motifs is 1. The summed E-state index contributed by atoms with van der Waals surface area (Å²) < 4.78 is 5.77. The number of carbonyl (C=O) groups excluding carboxylic acids is 1. The molecular weight excluding hydrogens is 398 g/mol. The minimum Gasteiger partial charge on any atom is -0.493 e. The predicted molar refractivity (Wildman–Crippen MR) is 120 cm³/mol. The third-order valence-electron chi connectivity index (χ3n) is 4.99. The van der Waals surface area contributed by atoms with E-state index in [1.807, 2.05) is 56.3 Å². The number of nitrogens with zero attached hydrogens (tertiary/aromatic N) is 2. The van der Waals surface area contributed by atoms with Crippen molar-refractivity contribution >= 4 is 28.3 Å². The molecule has 0 aliphatic rings. The molecule has 0 aliphatic carbocycles. The van der Waals surface area contributed by atoms with Gasteiger partial charge in [0.2, 0.25) is 5.91 Å². The molecule has 1 aromatic heterocycles. The SMILES string of the molecule is CCOc1cc(Cl)ccc1-c1nncc2cc(-c3cc(C(N)=O)ccc3C)ccc12. The molecule has 0 saturated heterocycles. The van der Waals surface area contributed by atoms with Gasteiger partial charge >= 0.3 is 0 Å². The Kier molecular flexibility index (Phi) is 5.38. The van der Waals surface area contributed by atoms with Gasteiger partial charge < -0.3 is 10.5 Å². The molecule has 5 nitrogen and oxygen atoms in total. The zero-order valence-electron chi connectivity index (χ0n) is 16.6. The fraction of sp³-hybridized carbons (Fsp3) is 0.125. The van der Waals surface area contributed by atoms with Gasteiger partial charge in [-0.05, 0) is 66.9 Å². The molecule has 0 bridgehead atoms. The lowest BCUT2D eigenvalue weighted by Crippen LogP contribution is -2.10. The largest absolute Gasteiger partial charge is 0.493 e. The number of carbonyl (C=O) groups is 1. The number of rotatable bonds is 5. The first kappa shape index (κ1) is 19.9. The van der Waals surface area contributed by atoms with Crippen LogP contribution < -0.4 is 10.5 Å². The lowest BCUT2D eigenvalue weighted by molar-refractivity contribution is 0.100. The van der Waals surface area contributed by atoms with E-state index < -0.39 is 5.91 Å². The van der Waals surface area contributed by atoms with Crippen LogP contribution in [0.4, 0.5) is 0 Å². The standard InChI is InChI=1S/C24H20ClN3O2/c1-3-30-22-12-18(25)7-9-20(22)23-19-8-6-15(10-17(19)13-27-28-23)21-11-16(24(26)29)5-4-14(21)2/h4-13H,3H2,1-2H3,(H2,26,29). The van der Waals surface area contributed by atoms with Gasteiger partial charge in [-0.25, -0.2) is 0 Å². The predicted octanol–water partition coefficient (Wildman–Crippen LogP) is 5.42. The highest BCUT2D eigenvalue weighted by Gasteiger charge is 2.14. The molecule has 0 saturated carbocycles. The van der Waals surface area contributed by atoms with Gasteiger partial charge in [0, 0.05) is 26.9 Å². The van der Waals surface area contributed by atoms with Crippen molar-refractivity contribution < 1.29 is 9.53 Å². The van der Waals surface area contributed by atoms with E-state index in [9.17, 15) is 4.79 Å². The maximum Gasteiger partial charge on any atom is 0.248 e. The molecule has 0 aliphatic heterocycles. The van der Waals surface area contributed by atoms with Gasteiger partial charge in [-0.2, -0.15) is 5.10 Å². The second-order valence-corrected chi connectivity index (χ2v) is 7.40. The molecule has 1 heterocycles. The number of benzene rings is 3. The topological polar surface area (TPSA) is 78.1 Å². The van der Waals surface area contributed by atoms with Gasteiger partial charge in [0.1, 0.15) is 11.4 Å². The molecular formula is C24H20ClN3O2. The number of hydrogen-bond donors (Lipinski definition) is 1. The van der Waals surface area contributed by atoms with Crippen LogP contribution in [-0.2, 0) is 0 Å². The second kappa shape index (κ2) is 8.13. The molecule has 1 amide bonds. The van der Waals surface area contributed by atoms with Crippen molar-refractivity contribution in [1.29, 1.82) is 0 Å². The van der Waals surface area contributed by atoms with E-state index in [1.54, 1.807) is 18.3 Å². The van der Waals surface area contributed by atoms with Crippen LogP contribution in [0.2, 0.25) is 5.02 Å². The lowest BCUT2D eigenvalue weighted by atomic mass is 9.95. The van der Waals surface area contributed by atoms with Crippen LogP contribution in [0.1, 0.15) is 22.8 Å². The molecule has 3 aromatic carbocycles. The maximum absolute atomic E-state index is 11.6. The Morgan fingerprint density at radius 2 is 1.90 bits per heavy atom. The van der Waals surface area contributed by atoms with Crippen LogP contribution in [0.5, 0.6) is 5.75 Å². The fourth-order valence-corrected chi connectivity index (χ4v) is 3.67. The molecule has 0 fully saturated rings. The van der Waals surface area contributed by atoms with E-state index >= 15 is 0 Å². The first-order chi connectivity index (χ1) is 14.5. The van der Waals surface area contributed by atoms with Crippen LogP contribution in [0, 0.1) is 6.92 Å². The number of halogens is 1. The van der Waals surface area contributed by atoms with Gasteiger partial charge in [0.25, 0.3) is 0 Å². The maximum atomic E-state index is 11.6. The number of aryl methyl sites for hydroxylation is 1. The summed E-state index contributed by atoms with van der Waals surface area (Å²) in [5, 5.41) is 11.0. The summed E-state index contributed by atoms with van der Waals surface area (Å²) in [5.74, 6) is 0.220. The molecule has 4 rings (SSSR count). The number of ether oxygens (including phenoxy) is 1. The molecule has 150 valence electrons. The summed E-state index contributed by atoms with van der Waals surface area (Å²) in [7, 11) is 0. The van der Waals surface area contributed by atoms with Crippen molar-refractivity contribution in [3.8, 4) is 28.1 Å². The first-order valence-electron chi connectivity index (χ1n) is 9.57. The smallest absolute Gasteiger partial charge is 0.248 e. The number of nitrogens with two attached hydrogens (primary N) is 1. The van der Waals surface area contributed by atoms with E-state index in [-0.39, 0.29) is 0 Å². The van der Waals surface area contributed by atoms with E-state index in [1.165, 1.54) is 0 Å². The normalized spacial score (nSPS) is 10.9. The van der Waals surface area contributed by atoms with Crippen molar-refractivity contribution in [3.05, 3.63) is 76.9 Å². The Bertz CT molecular complexity index is 1270. The summed E-state index contributed by atoms with van der Waals surface area (Å²) >= 11 is 6.15. The number of hydrogen-bond acceptors (Lipinski definition) is 4. The van der Waals surface area contributed by atoms with Crippen LogP contribution >= 0.6 is 11.6 Å². The average Bonchev–Trinajstić information content (AvgIpc) is 2.73. The Labute approximate surface area is 179 Å². The highest BCUT2D eigenvalue weighted by Crippen LogP contribution is 2.36. The van der Waals surface area contributed by atoms with E-state index in [4.69, 9.17) is 22.1 Å². The Morgan fingerprint density at radius 1 is 1.07 bits per heavy atom. The lowest BCUT2D eigenvalue weighted by Gasteiger charge is -2.13. The highest BCUT2D eigenvalue weighted by molar-refractivity contribution is 6.30. The number of amides is 1. The Balaban J connectivity index is 1.87. The summed E-state index contributed by atoms with van der Waals surface area (Å²) in [6.07, 6.45) is 1.73. The molecule has 2 N–H and O–H groups in total. The van der Waals surface area contributed by atoms with Gasteiger partial charge in [0.05, 0.1) is 12.8 Å².